The molecule has 1 fully saturated rings. The summed E-state index contributed by atoms with van der Waals surface area (Å²) in [6.45, 7) is 14.5. The number of aromatic nitrogens is 1. The Bertz CT molecular complexity index is 1080. The zero-order valence-electron chi connectivity index (χ0n) is 21.9. The monoisotopic (exact) mass is 478 g/mol. The van der Waals surface area contributed by atoms with Crippen LogP contribution in [-0.2, 0) is 14.9 Å². The molecule has 2 aliphatic heterocycles. The summed E-state index contributed by atoms with van der Waals surface area (Å²) < 4.78 is 5.05. The number of anilines is 2. The third-order valence-electron chi connectivity index (χ3n) is 7.36. The molecule has 0 bridgehead atoms. The summed E-state index contributed by atoms with van der Waals surface area (Å²) >= 11 is 0. The molecule has 0 saturated carbocycles. The Morgan fingerprint density at radius 2 is 1.77 bits per heavy atom. The van der Waals surface area contributed by atoms with Crippen LogP contribution in [0.4, 0.5) is 11.5 Å². The number of amides is 1. The molecule has 2 aliphatic rings. The Balaban J connectivity index is 1.47. The molecule has 1 aromatic carbocycles. The number of methoxy groups -OCH3 is 1. The summed E-state index contributed by atoms with van der Waals surface area (Å²) in [7, 11) is 1.42. The first-order valence-electron chi connectivity index (χ1n) is 12.5. The minimum atomic E-state index is -0.306. The van der Waals surface area contributed by atoms with Crippen molar-refractivity contribution in [2.24, 2.45) is 5.41 Å². The lowest BCUT2D eigenvalue weighted by Crippen LogP contribution is -2.49. The quantitative estimate of drug-likeness (QED) is 0.641. The molecule has 4 rings (SSSR count). The van der Waals surface area contributed by atoms with Gasteiger partial charge in [0.05, 0.1) is 12.7 Å². The van der Waals surface area contributed by atoms with E-state index >= 15 is 0 Å². The van der Waals surface area contributed by atoms with Gasteiger partial charge < -0.3 is 19.9 Å². The number of fused-ring (bicyclic) bond motifs is 1. The zero-order valence-corrected chi connectivity index (χ0v) is 21.9. The predicted octanol–water partition coefficient (Wildman–Crippen LogP) is 4.44. The van der Waals surface area contributed by atoms with Gasteiger partial charge in [0.15, 0.2) is 0 Å². The topological polar surface area (TPSA) is 74.8 Å². The first-order valence-corrected chi connectivity index (χ1v) is 12.5. The molecule has 188 valence electrons. The van der Waals surface area contributed by atoms with Gasteiger partial charge in [0.2, 0.25) is 5.91 Å². The number of rotatable bonds is 5. The summed E-state index contributed by atoms with van der Waals surface area (Å²) in [6, 6.07) is 9.98. The van der Waals surface area contributed by atoms with Crippen LogP contribution < -0.4 is 10.2 Å². The molecule has 35 heavy (non-hydrogen) atoms. The largest absolute Gasteiger partial charge is 0.465 e. The van der Waals surface area contributed by atoms with E-state index in [0.717, 1.165) is 55.4 Å². The fourth-order valence-corrected chi connectivity index (χ4v) is 5.22. The third-order valence-corrected chi connectivity index (χ3v) is 7.36. The lowest BCUT2D eigenvalue weighted by atomic mass is 9.70. The van der Waals surface area contributed by atoms with Crippen LogP contribution in [0.3, 0.4) is 0 Å². The van der Waals surface area contributed by atoms with Gasteiger partial charge in [0.1, 0.15) is 5.82 Å². The number of carbonyl (C=O) groups is 2. The minimum absolute atomic E-state index is 0.00533. The van der Waals surface area contributed by atoms with E-state index in [1.165, 1.54) is 7.11 Å². The van der Waals surface area contributed by atoms with Gasteiger partial charge in [0, 0.05) is 56.9 Å². The molecule has 0 spiro atoms. The lowest BCUT2D eigenvalue weighted by molar-refractivity contribution is -0.133. The van der Waals surface area contributed by atoms with Crippen molar-refractivity contribution >= 4 is 23.4 Å². The zero-order chi connectivity index (χ0) is 25.4. The van der Waals surface area contributed by atoms with Crippen molar-refractivity contribution < 1.29 is 14.3 Å². The van der Waals surface area contributed by atoms with Crippen molar-refractivity contribution in [2.75, 3.05) is 50.1 Å². The summed E-state index contributed by atoms with van der Waals surface area (Å²) in [5, 5.41) is 3.47. The molecule has 0 radical (unpaired) electrons. The number of pyridine rings is 1. The fraction of sp³-hybridized carbons (Fsp3) is 0.536. The molecular formula is C28H38N4O3. The van der Waals surface area contributed by atoms with Crippen molar-refractivity contribution in [3.63, 3.8) is 0 Å². The van der Waals surface area contributed by atoms with E-state index in [1.54, 1.807) is 0 Å². The van der Waals surface area contributed by atoms with Crippen LogP contribution in [0.25, 0.3) is 0 Å². The van der Waals surface area contributed by atoms with Crippen LogP contribution in [0.5, 0.6) is 0 Å². The molecule has 7 heteroatoms. The Morgan fingerprint density at radius 1 is 1.06 bits per heavy atom. The highest BCUT2D eigenvalue weighted by Crippen LogP contribution is 2.46. The van der Waals surface area contributed by atoms with Gasteiger partial charge in [-0.1, -0.05) is 46.8 Å². The van der Waals surface area contributed by atoms with Gasteiger partial charge in [-0.25, -0.2) is 9.78 Å². The van der Waals surface area contributed by atoms with Crippen LogP contribution >= 0.6 is 0 Å². The number of benzene rings is 1. The normalized spacial score (nSPS) is 18.2. The third kappa shape index (κ3) is 5.14. The summed E-state index contributed by atoms with van der Waals surface area (Å²) in [4.78, 5) is 34.0. The average molecular weight is 479 g/mol. The molecule has 2 aromatic rings. The smallest absolute Gasteiger partial charge is 0.338 e. The van der Waals surface area contributed by atoms with Crippen molar-refractivity contribution in [2.45, 2.75) is 52.4 Å². The molecule has 1 saturated heterocycles. The van der Waals surface area contributed by atoms with Gasteiger partial charge in [0.25, 0.3) is 0 Å². The fourth-order valence-electron chi connectivity index (χ4n) is 5.22. The second kappa shape index (κ2) is 9.51. The van der Waals surface area contributed by atoms with E-state index in [-0.39, 0.29) is 28.6 Å². The lowest BCUT2D eigenvalue weighted by Gasteiger charge is -2.37. The van der Waals surface area contributed by atoms with E-state index in [2.05, 4.69) is 57.0 Å². The standard InChI is InChI=1S/C28H38N4O3/c1-27(2,3)16-24(33)32-14-12-31(13-15-32)23-11-10-19(17-30-23)28(4,5)21-18-29-22-9-7-8-20(25(21)22)26(34)35-6/h7-11,17,21,29H,12-16,18H2,1-6H3. The van der Waals surface area contributed by atoms with Crippen LogP contribution in [-0.4, -0.2) is 61.6 Å². The number of esters is 1. The number of carbonyl (C=O) groups excluding carboxylic acids is 2. The van der Waals surface area contributed by atoms with Gasteiger partial charge in [-0.3, -0.25) is 4.79 Å². The maximum atomic E-state index is 12.6. The molecule has 3 heterocycles. The Morgan fingerprint density at radius 3 is 2.37 bits per heavy atom. The number of ether oxygens (including phenoxy) is 1. The maximum absolute atomic E-state index is 12.6. The van der Waals surface area contributed by atoms with Gasteiger partial charge >= 0.3 is 5.97 Å². The summed E-state index contributed by atoms with van der Waals surface area (Å²) in [5.41, 5.74) is 3.52. The highest BCUT2D eigenvalue weighted by atomic mass is 16.5. The second-order valence-electron chi connectivity index (χ2n) is 11.4. The molecule has 7 nitrogen and oxygen atoms in total. The molecule has 1 unspecified atom stereocenters. The highest BCUT2D eigenvalue weighted by Gasteiger charge is 2.40. The van der Waals surface area contributed by atoms with Crippen molar-refractivity contribution in [1.82, 2.24) is 9.88 Å². The van der Waals surface area contributed by atoms with Crippen molar-refractivity contribution in [3.05, 3.63) is 53.2 Å². The molecule has 1 atom stereocenters. The van der Waals surface area contributed by atoms with Crippen molar-refractivity contribution in [1.29, 1.82) is 0 Å². The van der Waals surface area contributed by atoms with E-state index in [0.29, 0.717) is 12.0 Å². The van der Waals surface area contributed by atoms with E-state index in [9.17, 15) is 9.59 Å². The van der Waals surface area contributed by atoms with Crippen LogP contribution in [0.1, 0.15) is 68.4 Å². The molecule has 0 aliphatic carbocycles. The van der Waals surface area contributed by atoms with Crippen LogP contribution in [0.2, 0.25) is 0 Å². The number of nitrogens with one attached hydrogen (secondary N) is 1. The van der Waals surface area contributed by atoms with Crippen molar-refractivity contribution in [3.8, 4) is 0 Å². The second-order valence-corrected chi connectivity index (χ2v) is 11.4. The van der Waals surface area contributed by atoms with E-state index in [4.69, 9.17) is 9.72 Å². The Labute approximate surface area is 208 Å². The predicted molar refractivity (Wildman–Crippen MR) is 139 cm³/mol. The summed E-state index contributed by atoms with van der Waals surface area (Å²) in [5.74, 6) is 0.976. The number of nitrogens with zero attached hydrogens (tertiary/aromatic N) is 3. The average Bonchev–Trinajstić information content (AvgIpc) is 3.28. The molecule has 1 amide bonds. The Kier molecular flexibility index (Phi) is 6.80. The summed E-state index contributed by atoms with van der Waals surface area (Å²) in [6.07, 6.45) is 2.54. The van der Waals surface area contributed by atoms with E-state index < -0.39 is 0 Å². The molecule has 1 aromatic heterocycles. The first-order chi connectivity index (χ1) is 16.5. The van der Waals surface area contributed by atoms with E-state index in [1.807, 2.05) is 29.3 Å². The molecular weight excluding hydrogens is 440 g/mol. The SMILES string of the molecule is COC(=O)c1cccc2c1C(C(C)(C)c1ccc(N3CCN(C(=O)CC(C)(C)C)CC3)nc1)CN2. The van der Waals surface area contributed by atoms with Crippen LogP contribution in [0.15, 0.2) is 36.5 Å². The van der Waals surface area contributed by atoms with Gasteiger partial charge in [-0.15, -0.1) is 0 Å². The minimum Gasteiger partial charge on any atom is -0.465 e. The molecule has 1 N–H and O–H groups in total. The van der Waals surface area contributed by atoms with Gasteiger partial charge in [-0.05, 0) is 40.2 Å². The maximum Gasteiger partial charge on any atom is 0.338 e. The first kappa shape index (κ1) is 25.0. The number of hydrogen-bond acceptors (Lipinski definition) is 6. The number of piperazine rings is 1. The highest BCUT2D eigenvalue weighted by molar-refractivity contribution is 5.94. The Hall–Kier alpha value is -3.09. The van der Waals surface area contributed by atoms with Gasteiger partial charge in [-0.2, -0.15) is 0 Å². The number of hydrogen-bond donors (Lipinski definition) is 1. The van der Waals surface area contributed by atoms with Crippen LogP contribution in [0, 0.1) is 5.41 Å².